The summed E-state index contributed by atoms with van der Waals surface area (Å²) in [6.07, 6.45) is 0. The van der Waals surface area contributed by atoms with Crippen molar-refractivity contribution in [2.75, 3.05) is 0 Å². The zero-order chi connectivity index (χ0) is 18.8. The third-order valence-corrected chi connectivity index (χ3v) is 4.77. The molecule has 0 aliphatic rings. The number of hydrogen-bond donors (Lipinski definition) is 0. The molecule has 134 valence electrons. The minimum absolute atomic E-state index is 0.107. The van der Waals surface area contributed by atoms with E-state index in [-0.39, 0.29) is 12.1 Å². The van der Waals surface area contributed by atoms with E-state index in [0.29, 0.717) is 17.4 Å². The molecule has 2 heterocycles. The standard InChI is InChI=1S/C20H15BrN4O2/c1-13-6-8-14(9-7-13)17-10-11-19(26)25(23-17)12-18-22-20(24-27-18)15-4-2-3-5-16(15)21/h2-11H,12H2,1H3. The maximum atomic E-state index is 12.2. The Morgan fingerprint density at radius 2 is 1.81 bits per heavy atom. The van der Waals surface area contributed by atoms with Crippen molar-refractivity contribution >= 4 is 15.9 Å². The normalized spacial score (nSPS) is 10.9. The molecule has 0 saturated carbocycles. The van der Waals surface area contributed by atoms with Crippen molar-refractivity contribution < 1.29 is 4.52 Å². The lowest BCUT2D eigenvalue weighted by Crippen LogP contribution is -2.23. The summed E-state index contributed by atoms with van der Waals surface area (Å²) >= 11 is 3.47. The molecular formula is C20H15BrN4O2. The van der Waals surface area contributed by atoms with Crippen molar-refractivity contribution in [3.63, 3.8) is 0 Å². The minimum atomic E-state index is -0.230. The highest BCUT2D eigenvalue weighted by Crippen LogP contribution is 2.25. The molecule has 2 aromatic heterocycles. The number of rotatable bonds is 4. The van der Waals surface area contributed by atoms with Crippen molar-refractivity contribution in [3.05, 3.63) is 86.9 Å². The number of halogens is 1. The van der Waals surface area contributed by atoms with Gasteiger partial charge < -0.3 is 4.52 Å². The van der Waals surface area contributed by atoms with Gasteiger partial charge in [0.25, 0.3) is 5.56 Å². The number of hydrogen-bond acceptors (Lipinski definition) is 5. The Morgan fingerprint density at radius 3 is 2.59 bits per heavy atom. The summed E-state index contributed by atoms with van der Waals surface area (Å²) < 4.78 is 7.51. The summed E-state index contributed by atoms with van der Waals surface area (Å²) in [6, 6.07) is 18.8. The molecule has 0 N–H and O–H groups in total. The Hall–Kier alpha value is -3.06. The molecule has 2 aromatic carbocycles. The molecular weight excluding hydrogens is 408 g/mol. The van der Waals surface area contributed by atoms with E-state index < -0.39 is 0 Å². The molecule has 0 unspecified atom stereocenters. The zero-order valence-corrected chi connectivity index (χ0v) is 16.0. The summed E-state index contributed by atoms with van der Waals surface area (Å²) in [5, 5.41) is 8.44. The first-order valence-electron chi connectivity index (χ1n) is 8.33. The van der Waals surface area contributed by atoms with Crippen LogP contribution in [0.5, 0.6) is 0 Å². The Balaban J connectivity index is 1.63. The van der Waals surface area contributed by atoms with Crippen LogP contribution in [0.4, 0.5) is 0 Å². The fraction of sp³-hybridized carbons (Fsp3) is 0.100. The van der Waals surface area contributed by atoms with Crippen LogP contribution < -0.4 is 5.56 Å². The number of nitrogens with zero attached hydrogens (tertiary/aromatic N) is 4. The average molecular weight is 423 g/mol. The van der Waals surface area contributed by atoms with E-state index in [0.717, 1.165) is 21.2 Å². The van der Waals surface area contributed by atoms with Gasteiger partial charge in [-0.2, -0.15) is 10.1 Å². The van der Waals surface area contributed by atoms with Gasteiger partial charge in [-0.25, -0.2) is 4.68 Å². The highest BCUT2D eigenvalue weighted by Gasteiger charge is 2.13. The van der Waals surface area contributed by atoms with E-state index in [2.05, 4.69) is 31.2 Å². The topological polar surface area (TPSA) is 73.8 Å². The highest BCUT2D eigenvalue weighted by atomic mass is 79.9. The monoisotopic (exact) mass is 422 g/mol. The average Bonchev–Trinajstić information content (AvgIpc) is 3.13. The highest BCUT2D eigenvalue weighted by molar-refractivity contribution is 9.10. The molecule has 0 saturated heterocycles. The molecule has 0 atom stereocenters. The van der Waals surface area contributed by atoms with Gasteiger partial charge in [-0.3, -0.25) is 4.79 Å². The molecule has 0 bridgehead atoms. The van der Waals surface area contributed by atoms with Gasteiger partial charge in [0.1, 0.15) is 6.54 Å². The number of benzene rings is 2. The lowest BCUT2D eigenvalue weighted by molar-refractivity contribution is 0.363. The van der Waals surface area contributed by atoms with Crippen LogP contribution in [-0.4, -0.2) is 19.9 Å². The van der Waals surface area contributed by atoms with Crippen molar-refractivity contribution in [1.29, 1.82) is 0 Å². The second-order valence-corrected chi connectivity index (χ2v) is 6.93. The van der Waals surface area contributed by atoms with Gasteiger partial charge in [0.15, 0.2) is 0 Å². The molecule has 0 radical (unpaired) electrons. The molecule has 0 fully saturated rings. The second kappa shape index (κ2) is 7.28. The van der Waals surface area contributed by atoms with Gasteiger partial charge in [-0.05, 0) is 25.1 Å². The van der Waals surface area contributed by atoms with Crippen LogP contribution in [0.1, 0.15) is 11.5 Å². The lowest BCUT2D eigenvalue weighted by Gasteiger charge is -2.05. The van der Waals surface area contributed by atoms with Crippen LogP contribution in [0.15, 0.2) is 74.5 Å². The Kier molecular flexibility index (Phi) is 4.68. The first-order valence-corrected chi connectivity index (χ1v) is 9.12. The van der Waals surface area contributed by atoms with Gasteiger partial charge >= 0.3 is 0 Å². The van der Waals surface area contributed by atoms with Crippen LogP contribution in [0.25, 0.3) is 22.6 Å². The molecule has 4 aromatic rings. The lowest BCUT2D eigenvalue weighted by atomic mass is 10.1. The quantitative estimate of drug-likeness (QED) is 0.495. The third kappa shape index (κ3) is 3.73. The van der Waals surface area contributed by atoms with E-state index >= 15 is 0 Å². The third-order valence-electron chi connectivity index (χ3n) is 4.08. The zero-order valence-electron chi connectivity index (χ0n) is 14.5. The number of aryl methyl sites for hydroxylation is 1. The van der Waals surface area contributed by atoms with Gasteiger partial charge in [0, 0.05) is 21.7 Å². The fourth-order valence-electron chi connectivity index (χ4n) is 2.64. The van der Waals surface area contributed by atoms with Crippen molar-refractivity contribution in [2.45, 2.75) is 13.5 Å². The van der Waals surface area contributed by atoms with Crippen molar-refractivity contribution in [1.82, 2.24) is 19.9 Å². The first-order chi connectivity index (χ1) is 13.1. The van der Waals surface area contributed by atoms with Gasteiger partial charge in [-0.1, -0.05) is 63.0 Å². The van der Waals surface area contributed by atoms with Crippen molar-refractivity contribution in [3.8, 4) is 22.6 Å². The molecule has 7 heteroatoms. The van der Waals surface area contributed by atoms with Gasteiger partial charge in [0.05, 0.1) is 5.69 Å². The van der Waals surface area contributed by atoms with Crippen molar-refractivity contribution in [2.24, 2.45) is 0 Å². The molecule has 4 rings (SSSR count). The predicted molar refractivity (Wildman–Crippen MR) is 105 cm³/mol. The van der Waals surface area contributed by atoms with E-state index in [1.165, 1.54) is 10.7 Å². The summed E-state index contributed by atoms with van der Waals surface area (Å²) in [5.41, 5.74) is 3.40. The van der Waals surface area contributed by atoms with E-state index in [9.17, 15) is 4.79 Å². The van der Waals surface area contributed by atoms with Crippen LogP contribution >= 0.6 is 15.9 Å². The van der Waals surface area contributed by atoms with Gasteiger partial charge in [-0.15, -0.1) is 0 Å². The molecule has 0 aliphatic carbocycles. The molecule has 0 amide bonds. The Bertz CT molecular complexity index is 1150. The molecule has 0 spiro atoms. The van der Waals surface area contributed by atoms with Crippen LogP contribution in [0.2, 0.25) is 0 Å². The summed E-state index contributed by atoms with van der Waals surface area (Å²) in [5.74, 6) is 0.775. The second-order valence-electron chi connectivity index (χ2n) is 6.07. The smallest absolute Gasteiger partial charge is 0.267 e. The van der Waals surface area contributed by atoms with Crippen LogP contribution in [0.3, 0.4) is 0 Å². The first kappa shape index (κ1) is 17.4. The largest absolute Gasteiger partial charge is 0.337 e. The fourth-order valence-corrected chi connectivity index (χ4v) is 3.10. The maximum Gasteiger partial charge on any atom is 0.267 e. The molecule has 0 aliphatic heterocycles. The summed E-state index contributed by atoms with van der Waals surface area (Å²) in [4.78, 5) is 16.6. The van der Waals surface area contributed by atoms with E-state index in [1.807, 2.05) is 55.5 Å². The molecule has 27 heavy (non-hydrogen) atoms. The van der Waals surface area contributed by atoms with E-state index in [1.54, 1.807) is 6.07 Å². The molecule has 6 nitrogen and oxygen atoms in total. The van der Waals surface area contributed by atoms with Crippen LogP contribution in [0, 0.1) is 6.92 Å². The summed E-state index contributed by atoms with van der Waals surface area (Å²) in [6.45, 7) is 2.13. The maximum absolute atomic E-state index is 12.2. The SMILES string of the molecule is Cc1ccc(-c2ccc(=O)n(Cc3nc(-c4ccccc4Br)no3)n2)cc1. The van der Waals surface area contributed by atoms with Gasteiger partial charge in [0.2, 0.25) is 11.7 Å². The van der Waals surface area contributed by atoms with Crippen LogP contribution in [-0.2, 0) is 6.54 Å². The Morgan fingerprint density at radius 1 is 1.04 bits per heavy atom. The van der Waals surface area contributed by atoms with E-state index in [4.69, 9.17) is 4.52 Å². The Labute approximate surface area is 163 Å². The number of aromatic nitrogens is 4. The predicted octanol–water partition coefficient (Wildman–Crippen LogP) is 4.08. The minimum Gasteiger partial charge on any atom is -0.337 e. The summed E-state index contributed by atoms with van der Waals surface area (Å²) in [7, 11) is 0.